The summed E-state index contributed by atoms with van der Waals surface area (Å²) in [4.78, 5) is 4.36. The fourth-order valence-electron chi connectivity index (χ4n) is 1.85. The van der Waals surface area contributed by atoms with Crippen LogP contribution in [0.1, 0.15) is 23.1 Å². The number of hydrogen-bond acceptors (Lipinski definition) is 2. The van der Waals surface area contributed by atoms with Crippen LogP contribution in [0.5, 0.6) is 0 Å². The Balaban J connectivity index is 2.36. The monoisotopic (exact) mass is 250 g/mol. The predicted octanol–water partition coefficient (Wildman–Crippen LogP) is 2.76. The van der Waals surface area contributed by atoms with Crippen LogP contribution >= 0.6 is 11.6 Å². The van der Waals surface area contributed by atoms with Gasteiger partial charge in [-0.3, -0.25) is 0 Å². The van der Waals surface area contributed by atoms with E-state index in [1.165, 1.54) is 0 Å². The third kappa shape index (κ3) is 2.35. The number of pyridine rings is 1. The summed E-state index contributed by atoms with van der Waals surface area (Å²) in [5.41, 5.74) is 3.02. The molecule has 0 aromatic carbocycles. The molecule has 0 amide bonds. The molecule has 0 fully saturated rings. The molecule has 0 bridgehead atoms. The number of aryl methyl sites for hydroxylation is 2. The summed E-state index contributed by atoms with van der Waals surface area (Å²) in [7, 11) is 0. The van der Waals surface area contributed by atoms with E-state index in [-0.39, 0.29) is 5.88 Å². The van der Waals surface area contributed by atoms with Gasteiger partial charge in [-0.15, -0.1) is 11.6 Å². The number of hydrogen-bond donors (Lipinski definition) is 1. The van der Waals surface area contributed by atoms with E-state index in [4.69, 9.17) is 11.6 Å². The van der Waals surface area contributed by atoms with Gasteiger partial charge in [0.05, 0.1) is 12.0 Å². The van der Waals surface area contributed by atoms with E-state index in [0.717, 1.165) is 22.8 Å². The Labute approximate surface area is 106 Å². The zero-order valence-electron chi connectivity index (χ0n) is 9.89. The van der Waals surface area contributed by atoms with Crippen molar-refractivity contribution in [3.63, 3.8) is 0 Å². The van der Waals surface area contributed by atoms with Crippen LogP contribution in [-0.2, 0) is 0 Å². The van der Waals surface area contributed by atoms with Gasteiger partial charge < -0.3 is 9.67 Å². The minimum Gasteiger partial charge on any atom is -0.387 e. The maximum atomic E-state index is 9.58. The summed E-state index contributed by atoms with van der Waals surface area (Å²) in [6, 6.07) is 7.86. The van der Waals surface area contributed by atoms with Gasteiger partial charge in [0.25, 0.3) is 0 Å². The summed E-state index contributed by atoms with van der Waals surface area (Å²) in [6.07, 6.45) is 1.02. The molecule has 2 heterocycles. The molecule has 3 nitrogen and oxygen atoms in total. The van der Waals surface area contributed by atoms with Gasteiger partial charge in [0.2, 0.25) is 0 Å². The molecule has 1 atom stereocenters. The van der Waals surface area contributed by atoms with E-state index >= 15 is 0 Å². The van der Waals surface area contributed by atoms with Crippen LogP contribution < -0.4 is 0 Å². The molecule has 2 aromatic rings. The lowest BCUT2D eigenvalue weighted by atomic mass is 10.2. The molecule has 2 rings (SSSR count). The Bertz CT molecular complexity index is 485. The average Bonchev–Trinajstić information content (AvgIpc) is 2.68. The van der Waals surface area contributed by atoms with Crippen molar-refractivity contribution < 1.29 is 5.11 Å². The molecule has 0 aliphatic carbocycles. The molecule has 0 radical (unpaired) electrons. The highest BCUT2D eigenvalue weighted by Crippen LogP contribution is 2.17. The average molecular weight is 251 g/mol. The van der Waals surface area contributed by atoms with Crippen molar-refractivity contribution in [3.8, 4) is 5.82 Å². The highest BCUT2D eigenvalue weighted by Gasteiger charge is 2.08. The molecule has 2 aromatic heterocycles. The molecule has 0 spiro atoms. The quantitative estimate of drug-likeness (QED) is 0.851. The first-order valence-electron chi connectivity index (χ1n) is 5.49. The fraction of sp³-hybridized carbons (Fsp3) is 0.308. The number of aliphatic hydroxyl groups is 1. The van der Waals surface area contributed by atoms with E-state index in [9.17, 15) is 5.11 Å². The zero-order valence-corrected chi connectivity index (χ0v) is 10.6. The van der Waals surface area contributed by atoms with Gasteiger partial charge in [0.1, 0.15) is 5.82 Å². The Kier molecular flexibility index (Phi) is 3.50. The maximum Gasteiger partial charge on any atom is 0.136 e. The van der Waals surface area contributed by atoms with E-state index < -0.39 is 6.10 Å². The van der Waals surface area contributed by atoms with Crippen molar-refractivity contribution >= 4 is 11.6 Å². The first-order chi connectivity index (χ1) is 8.13. The highest BCUT2D eigenvalue weighted by molar-refractivity contribution is 6.18. The summed E-state index contributed by atoms with van der Waals surface area (Å²) in [5.74, 6) is 1.04. The molecular formula is C13H15ClN2O. The summed E-state index contributed by atoms with van der Waals surface area (Å²) >= 11 is 5.59. The molecule has 1 N–H and O–H groups in total. The SMILES string of the molecule is Cc1ccc(C)n1-c1ccc([C@@H](O)CCl)cn1. The molecule has 17 heavy (non-hydrogen) atoms. The highest BCUT2D eigenvalue weighted by atomic mass is 35.5. The number of rotatable bonds is 3. The molecular weight excluding hydrogens is 236 g/mol. The fourth-order valence-corrected chi connectivity index (χ4v) is 2.02. The smallest absolute Gasteiger partial charge is 0.136 e. The van der Waals surface area contributed by atoms with Crippen LogP contribution in [0.25, 0.3) is 5.82 Å². The van der Waals surface area contributed by atoms with Gasteiger partial charge in [0, 0.05) is 23.1 Å². The number of aliphatic hydroxyl groups excluding tert-OH is 1. The van der Waals surface area contributed by atoms with Crippen LogP contribution in [0.4, 0.5) is 0 Å². The normalized spacial score (nSPS) is 12.7. The van der Waals surface area contributed by atoms with Gasteiger partial charge >= 0.3 is 0 Å². The molecule has 0 saturated carbocycles. The molecule has 4 heteroatoms. The molecule has 90 valence electrons. The largest absolute Gasteiger partial charge is 0.387 e. The van der Waals surface area contributed by atoms with E-state index in [1.807, 2.05) is 26.0 Å². The third-order valence-corrected chi connectivity index (χ3v) is 3.09. The van der Waals surface area contributed by atoms with E-state index in [2.05, 4.69) is 21.7 Å². The molecule has 0 aliphatic heterocycles. The number of aromatic nitrogens is 2. The summed E-state index contributed by atoms with van der Waals surface area (Å²) < 4.78 is 2.07. The summed E-state index contributed by atoms with van der Waals surface area (Å²) in [6.45, 7) is 4.08. The zero-order chi connectivity index (χ0) is 12.4. The standard InChI is InChI=1S/C13H15ClN2O/c1-9-3-4-10(2)16(9)13-6-5-11(8-15-13)12(17)7-14/h3-6,8,12,17H,7H2,1-2H3/t12-/m0/s1. The number of nitrogens with zero attached hydrogens (tertiary/aromatic N) is 2. The lowest BCUT2D eigenvalue weighted by Gasteiger charge is -2.10. The first kappa shape index (κ1) is 12.1. The lowest BCUT2D eigenvalue weighted by molar-refractivity contribution is 0.202. The Morgan fingerprint density at radius 2 is 1.88 bits per heavy atom. The van der Waals surface area contributed by atoms with Crippen molar-refractivity contribution in [2.75, 3.05) is 5.88 Å². The Hall–Kier alpha value is -1.32. The second-order valence-corrected chi connectivity index (χ2v) is 4.38. The van der Waals surface area contributed by atoms with Gasteiger partial charge in [-0.05, 0) is 32.0 Å². The van der Waals surface area contributed by atoms with Gasteiger partial charge in [-0.25, -0.2) is 4.98 Å². The number of alkyl halides is 1. The van der Waals surface area contributed by atoms with Crippen LogP contribution in [0.3, 0.4) is 0 Å². The Morgan fingerprint density at radius 1 is 1.24 bits per heavy atom. The predicted molar refractivity (Wildman–Crippen MR) is 68.7 cm³/mol. The molecule has 0 aliphatic rings. The first-order valence-corrected chi connectivity index (χ1v) is 6.02. The summed E-state index contributed by atoms with van der Waals surface area (Å²) in [5, 5.41) is 9.58. The number of halogens is 1. The van der Waals surface area contributed by atoms with Crippen LogP contribution in [0.15, 0.2) is 30.5 Å². The maximum absolute atomic E-state index is 9.58. The van der Waals surface area contributed by atoms with Crippen molar-refractivity contribution in [2.45, 2.75) is 20.0 Å². The minimum atomic E-state index is -0.648. The molecule has 0 saturated heterocycles. The minimum absolute atomic E-state index is 0.183. The topological polar surface area (TPSA) is 38.0 Å². The third-order valence-electron chi connectivity index (χ3n) is 2.80. The second kappa shape index (κ2) is 4.90. The van der Waals surface area contributed by atoms with E-state index in [1.54, 1.807) is 6.20 Å². The molecule has 0 unspecified atom stereocenters. The van der Waals surface area contributed by atoms with Gasteiger partial charge in [-0.1, -0.05) is 6.07 Å². The van der Waals surface area contributed by atoms with Gasteiger partial charge in [-0.2, -0.15) is 0 Å². The van der Waals surface area contributed by atoms with Gasteiger partial charge in [0.15, 0.2) is 0 Å². The van der Waals surface area contributed by atoms with Crippen molar-refractivity contribution in [3.05, 3.63) is 47.4 Å². The Morgan fingerprint density at radius 3 is 2.35 bits per heavy atom. The second-order valence-electron chi connectivity index (χ2n) is 4.07. The van der Waals surface area contributed by atoms with Crippen LogP contribution in [0, 0.1) is 13.8 Å². The lowest BCUT2D eigenvalue weighted by Crippen LogP contribution is -2.04. The van der Waals surface area contributed by atoms with Crippen LogP contribution in [-0.4, -0.2) is 20.5 Å². The van der Waals surface area contributed by atoms with Crippen molar-refractivity contribution in [1.29, 1.82) is 0 Å². The van der Waals surface area contributed by atoms with E-state index in [0.29, 0.717) is 0 Å². The van der Waals surface area contributed by atoms with Crippen molar-refractivity contribution in [1.82, 2.24) is 9.55 Å². The van der Waals surface area contributed by atoms with Crippen molar-refractivity contribution in [2.24, 2.45) is 0 Å². The van der Waals surface area contributed by atoms with Crippen LogP contribution in [0.2, 0.25) is 0 Å².